The van der Waals surface area contributed by atoms with Crippen molar-refractivity contribution >= 4 is 11.9 Å². The Morgan fingerprint density at radius 2 is 1.93 bits per heavy atom. The molecule has 0 heterocycles. The van der Waals surface area contributed by atoms with E-state index in [1.165, 1.54) is 0 Å². The number of unbranched alkanes of at least 4 members (excludes halogenated alkanes) is 3. The third-order valence-corrected chi connectivity index (χ3v) is 2.00. The highest BCUT2D eigenvalue weighted by molar-refractivity contribution is 5.96. The topological polar surface area (TPSA) is 66.4 Å². The van der Waals surface area contributed by atoms with Gasteiger partial charge in [0.1, 0.15) is 0 Å². The number of carbonyl (C=O) groups excluding carboxylic acids is 1. The van der Waals surface area contributed by atoms with Crippen LogP contribution in [0, 0.1) is 0 Å². The second kappa shape index (κ2) is 8.03. The van der Waals surface area contributed by atoms with Crippen LogP contribution in [0.1, 0.15) is 39.0 Å². The van der Waals surface area contributed by atoms with Gasteiger partial charge in [-0.1, -0.05) is 32.8 Å². The highest BCUT2D eigenvalue weighted by Crippen LogP contribution is 2.00. The summed E-state index contributed by atoms with van der Waals surface area (Å²) in [5, 5.41) is 11.1. The average Bonchev–Trinajstić information content (AvgIpc) is 2.16. The highest BCUT2D eigenvalue weighted by Gasteiger charge is 2.09. The summed E-state index contributed by atoms with van der Waals surface area (Å²) in [6.07, 6.45) is 4.04. The molecule has 0 fully saturated rings. The van der Waals surface area contributed by atoms with Crippen molar-refractivity contribution in [3.8, 4) is 0 Å². The lowest BCUT2D eigenvalue weighted by atomic mass is 10.2. The maximum absolute atomic E-state index is 11.2. The molecule has 0 saturated heterocycles. The summed E-state index contributed by atoms with van der Waals surface area (Å²) >= 11 is 0. The average molecular weight is 213 g/mol. The molecule has 0 radical (unpaired) electrons. The molecule has 0 aromatic carbocycles. The number of hydrogen-bond donors (Lipinski definition) is 2. The van der Waals surface area contributed by atoms with E-state index in [9.17, 15) is 9.59 Å². The van der Waals surface area contributed by atoms with Crippen molar-refractivity contribution in [3.05, 3.63) is 12.2 Å². The normalized spacial score (nSPS) is 9.67. The van der Waals surface area contributed by atoms with Crippen LogP contribution in [0.3, 0.4) is 0 Å². The first kappa shape index (κ1) is 13.7. The van der Waals surface area contributed by atoms with Crippen molar-refractivity contribution in [1.29, 1.82) is 0 Å². The predicted octanol–water partition coefficient (Wildman–Crippen LogP) is 1.71. The summed E-state index contributed by atoms with van der Waals surface area (Å²) in [7, 11) is 0. The molecule has 0 unspecified atom stereocenters. The van der Waals surface area contributed by atoms with Gasteiger partial charge in [0.05, 0.1) is 6.42 Å². The molecule has 2 N–H and O–H groups in total. The van der Waals surface area contributed by atoms with Crippen molar-refractivity contribution in [1.82, 2.24) is 5.32 Å². The van der Waals surface area contributed by atoms with Gasteiger partial charge in [-0.25, -0.2) is 0 Å². The summed E-state index contributed by atoms with van der Waals surface area (Å²) in [4.78, 5) is 21.5. The number of rotatable bonds is 8. The minimum atomic E-state index is -1.03. The molecule has 0 aromatic heterocycles. The Labute approximate surface area is 90.4 Å². The van der Waals surface area contributed by atoms with Gasteiger partial charge >= 0.3 is 5.97 Å². The summed E-state index contributed by atoms with van der Waals surface area (Å²) < 4.78 is 0. The quantitative estimate of drug-likeness (QED) is 0.476. The van der Waals surface area contributed by atoms with E-state index in [0.29, 0.717) is 6.54 Å². The van der Waals surface area contributed by atoms with Crippen molar-refractivity contribution in [2.75, 3.05) is 6.54 Å². The third-order valence-electron chi connectivity index (χ3n) is 2.00. The van der Waals surface area contributed by atoms with E-state index < -0.39 is 5.97 Å². The van der Waals surface area contributed by atoms with Gasteiger partial charge in [0.15, 0.2) is 0 Å². The minimum Gasteiger partial charge on any atom is -0.481 e. The lowest BCUT2D eigenvalue weighted by Crippen LogP contribution is -2.26. The number of carbonyl (C=O) groups is 2. The molecule has 15 heavy (non-hydrogen) atoms. The van der Waals surface area contributed by atoms with E-state index in [0.717, 1.165) is 25.7 Å². The van der Waals surface area contributed by atoms with Crippen LogP contribution in [0.4, 0.5) is 0 Å². The van der Waals surface area contributed by atoms with Crippen molar-refractivity contribution in [2.45, 2.75) is 39.0 Å². The molecule has 0 aliphatic carbocycles. The molecule has 0 rings (SSSR count). The van der Waals surface area contributed by atoms with Crippen molar-refractivity contribution < 1.29 is 14.7 Å². The Kier molecular flexibility index (Phi) is 7.32. The summed E-state index contributed by atoms with van der Waals surface area (Å²) in [5.41, 5.74) is 0.109. The minimum absolute atomic E-state index is 0.109. The number of aliphatic carboxylic acids is 1. The summed E-state index contributed by atoms with van der Waals surface area (Å²) in [6, 6.07) is 0. The van der Waals surface area contributed by atoms with Crippen LogP contribution in [0.5, 0.6) is 0 Å². The van der Waals surface area contributed by atoms with Crippen LogP contribution < -0.4 is 5.32 Å². The smallest absolute Gasteiger partial charge is 0.308 e. The van der Waals surface area contributed by atoms with Gasteiger partial charge in [-0.3, -0.25) is 9.59 Å². The molecule has 0 bridgehead atoms. The van der Waals surface area contributed by atoms with E-state index in [2.05, 4.69) is 18.8 Å². The van der Waals surface area contributed by atoms with Crippen LogP contribution in [-0.4, -0.2) is 23.5 Å². The molecule has 0 saturated carbocycles. The summed E-state index contributed by atoms with van der Waals surface area (Å²) in [6.45, 7) is 6.13. The van der Waals surface area contributed by atoms with Gasteiger partial charge < -0.3 is 10.4 Å². The Morgan fingerprint density at radius 1 is 1.27 bits per heavy atom. The SMILES string of the molecule is C=C(CC(=O)O)C(=O)NCCCCCC. The first-order valence-corrected chi connectivity index (χ1v) is 5.25. The molecule has 0 aliphatic rings. The van der Waals surface area contributed by atoms with Gasteiger partial charge in [0.2, 0.25) is 5.91 Å². The first-order chi connectivity index (χ1) is 7.07. The zero-order valence-electron chi connectivity index (χ0n) is 9.21. The van der Waals surface area contributed by atoms with Crippen molar-refractivity contribution in [3.63, 3.8) is 0 Å². The first-order valence-electron chi connectivity index (χ1n) is 5.25. The number of carboxylic acid groups (broad SMARTS) is 1. The Morgan fingerprint density at radius 3 is 2.47 bits per heavy atom. The molecule has 86 valence electrons. The lowest BCUT2D eigenvalue weighted by molar-refractivity contribution is -0.137. The van der Waals surface area contributed by atoms with Crippen LogP contribution in [-0.2, 0) is 9.59 Å². The third kappa shape index (κ3) is 7.73. The van der Waals surface area contributed by atoms with Crippen LogP contribution >= 0.6 is 0 Å². The van der Waals surface area contributed by atoms with Crippen LogP contribution in [0.2, 0.25) is 0 Å². The van der Waals surface area contributed by atoms with Crippen molar-refractivity contribution in [2.24, 2.45) is 0 Å². The lowest BCUT2D eigenvalue weighted by Gasteiger charge is -2.05. The largest absolute Gasteiger partial charge is 0.481 e. The Balaban J connectivity index is 3.56. The molecule has 4 nitrogen and oxygen atoms in total. The van der Waals surface area contributed by atoms with Gasteiger partial charge in [-0.2, -0.15) is 0 Å². The predicted molar refractivity (Wildman–Crippen MR) is 58.5 cm³/mol. The molecule has 0 aromatic rings. The molecular weight excluding hydrogens is 194 g/mol. The van der Waals surface area contributed by atoms with Crippen LogP contribution in [0.25, 0.3) is 0 Å². The molecule has 0 atom stereocenters. The fraction of sp³-hybridized carbons (Fsp3) is 0.636. The Bertz CT molecular complexity index is 236. The monoisotopic (exact) mass is 213 g/mol. The van der Waals surface area contributed by atoms with E-state index in [-0.39, 0.29) is 17.9 Å². The van der Waals surface area contributed by atoms with E-state index >= 15 is 0 Å². The zero-order valence-corrected chi connectivity index (χ0v) is 9.21. The van der Waals surface area contributed by atoms with Gasteiger partial charge in [-0.05, 0) is 6.42 Å². The molecule has 0 spiro atoms. The van der Waals surface area contributed by atoms with Gasteiger partial charge in [0.25, 0.3) is 0 Å². The number of amides is 1. The fourth-order valence-electron chi connectivity index (χ4n) is 1.14. The second-order valence-electron chi connectivity index (χ2n) is 3.49. The maximum atomic E-state index is 11.2. The molecule has 0 aliphatic heterocycles. The zero-order chi connectivity index (χ0) is 11.7. The van der Waals surface area contributed by atoms with E-state index in [1.807, 2.05) is 0 Å². The van der Waals surface area contributed by atoms with Gasteiger partial charge in [-0.15, -0.1) is 0 Å². The highest BCUT2D eigenvalue weighted by atomic mass is 16.4. The summed E-state index contributed by atoms with van der Waals surface area (Å²) in [5.74, 6) is -1.38. The standard InChI is InChI=1S/C11H19NO3/c1-3-4-5-6-7-12-11(15)9(2)8-10(13)14/h2-8H2,1H3,(H,12,15)(H,13,14). The van der Waals surface area contributed by atoms with Gasteiger partial charge in [0, 0.05) is 12.1 Å². The molecule has 1 amide bonds. The van der Waals surface area contributed by atoms with Crippen LogP contribution in [0.15, 0.2) is 12.2 Å². The fourth-order valence-corrected chi connectivity index (χ4v) is 1.14. The molecular formula is C11H19NO3. The number of hydrogen-bond acceptors (Lipinski definition) is 2. The van der Waals surface area contributed by atoms with E-state index in [1.54, 1.807) is 0 Å². The van der Waals surface area contributed by atoms with E-state index in [4.69, 9.17) is 5.11 Å². The second-order valence-corrected chi connectivity index (χ2v) is 3.49. The number of carboxylic acids is 1. The Hall–Kier alpha value is -1.32. The number of nitrogens with one attached hydrogen (secondary N) is 1. The molecule has 4 heteroatoms. The maximum Gasteiger partial charge on any atom is 0.308 e.